The number of nitrogens with zero attached hydrogens (tertiary/aromatic N) is 1. The van der Waals surface area contributed by atoms with Gasteiger partial charge in [0.25, 0.3) is 0 Å². The second-order valence-corrected chi connectivity index (χ2v) is 5.56. The van der Waals surface area contributed by atoms with Crippen molar-refractivity contribution in [2.24, 2.45) is 5.73 Å². The van der Waals surface area contributed by atoms with Crippen LogP contribution in [0.1, 0.15) is 43.7 Å². The first-order chi connectivity index (χ1) is 8.70. The van der Waals surface area contributed by atoms with Gasteiger partial charge in [-0.25, -0.2) is 0 Å². The van der Waals surface area contributed by atoms with E-state index in [-0.39, 0.29) is 0 Å². The van der Waals surface area contributed by atoms with Gasteiger partial charge in [-0.15, -0.1) is 0 Å². The highest BCUT2D eigenvalue weighted by Crippen LogP contribution is 2.28. The second kappa shape index (κ2) is 6.30. The number of thiocarbonyl (C=S) groups is 1. The van der Waals surface area contributed by atoms with Crippen LogP contribution >= 0.6 is 12.2 Å². The molecule has 98 valence electrons. The van der Waals surface area contributed by atoms with Crippen LogP contribution in [0, 0.1) is 0 Å². The van der Waals surface area contributed by atoms with E-state index < -0.39 is 0 Å². The first kappa shape index (κ1) is 13.5. The van der Waals surface area contributed by atoms with Crippen LogP contribution in [0.3, 0.4) is 0 Å². The number of benzene rings is 1. The number of nitrogens with two attached hydrogens (primary N) is 1. The van der Waals surface area contributed by atoms with E-state index in [1.807, 2.05) is 12.1 Å². The van der Waals surface area contributed by atoms with Gasteiger partial charge in [-0.2, -0.15) is 0 Å². The molecule has 1 aromatic rings. The maximum Gasteiger partial charge on any atom is 0.103 e. The van der Waals surface area contributed by atoms with Gasteiger partial charge in [0.05, 0.1) is 0 Å². The second-order valence-electron chi connectivity index (χ2n) is 5.12. The molecule has 0 atom stereocenters. The summed E-state index contributed by atoms with van der Waals surface area (Å²) in [6.45, 7) is 4.53. The zero-order valence-electron chi connectivity index (χ0n) is 11.1. The van der Waals surface area contributed by atoms with E-state index in [0.717, 1.165) is 18.2 Å². The van der Waals surface area contributed by atoms with E-state index in [1.54, 1.807) is 0 Å². The number of hydrogen-bond donors (Lipinski definition) is 1. The normalized spacial score (nSPS) is 15.0. The Bertz CT molecular complexity index is 395. The maximum absolute atomic E-state index is 5.61. The third-order valence-corrected chi connectivity index (χ3v) is 3.72. The minimum Gasteiger partial charge on any atom is -0.389 e. The molecule has 1 saturated carbocycles. The Morgan fingerprint density at radius 3 is 2.50 bits per heavy atom. The summed E-state index contributed by atoms with van der Waals surface area (Å²) in [4.78, 5) is 3.09. The molecule has 0 aliphatic heterocycles. The standard InChI is InChI=1S/C15H22N2S/c1-2-3-10-17(14-8-9-14)11-12-4-6-13(7-5-12)15(16)18/h4-7,14H,2-3,8-11H2,1H3,(H2,16,18). The van der Waals surface area contributed by atoms with Crippen molar-refractivity contribution in [2.75, 3.05) is 6.54 Å². The van der Waals surface area contributed by atoms with Crippen molar-refractivity contribution < 1.29 is 0 Å². The van der Waals surface area contributed by atoms with Gasteiger partial charge in [-0.1, -0.05) is 49.8 Å². The molecule has 1 fully saturated rings. The lowest BCUT2D eigenvalue weighted by Gasteiger charge is -2.21. The zero-order valence-corrected chi connectivity index (χ0v) is 11.9. The van der Waals surface area contributed by atoms with Gasteiger partial charge >= 0.3 is 0 Å². The summed E-state index contributed by atoms with van der Waals surface area (Å²) >= 11 is 4.97. The van der Waals surface area contributed by atoms with E-state index in [9.17, 15) is 0 Å². The molecular weight excluding hydrogens is 240 g/mol. The van der Waals surface area contributed by atoms with Crippen molar-refractivity contribution in [2.45, 2.75) is 45.2 Å². The van der Waals surface area contributed by atoms with Gasteiger partial charge < -0.3 is 5.73 Å². The smallest absolute Gasteiger partial charge is 0.103 e. The van der Waals surface area contributed by atoms with Crippen LogP contribution in [0.5, 0.6) is 0 Å². The minimum absolute atomic E-state index is 0.478. The minimum atomic E-state index is 0.478. The highest BCUT2D eigenvalue weighted by molar-refractivity contribution is 7.80. The molecule has 0 radical (unpaired) electrons. The van der Waals surface area contributed by atoms with Crippen LogP contribution in [0.4, 0.5) is 0 Å². The Morgan fingerprint density at radius 2 is 2.00 bits per heavy atom. The van der Waals surface area contributed by atoms with Crippen molar-refractivity contribution in [3.63, 3.8) is 0 Å². The predicted molar refractivity (Wildman–Crippen MR) is 80.7 cm³/mol. The highest BCUT2D eigenvalue weighted by Gasteiger charge is 2.28. The Kier molecular flexibility index (Phi) is 4.72. The van der Waals surface area contributed by atoms with Crippen molar-refractivity contribution >= 4 is 17.2 Å². The first-order valence-electron chi connectivity index (χ1n) is 6.83. The zero-order chi connectivity index (χ0) is 13.0. The Morgan fingerprint density at radius 1 is 1.33 bits per heavy atom. The summed E-state index contributed by atoms with van der Waals surface area (Å²) in [5, 5.41) is 0. The summed E-state index contributed by atoms with van der Waals surface area (Å²) in [5.74, 6) is 0. The lowest BCUT2D eigenvalue weighted by Crippen LogP contribution is -2.26. The molecule has 3 heteroatoms. The molecule has 0 heterocycles. The Labute approximate surface area is 115 Å². The molecule has 1 aliphatic carbocycles. The molecule has 0 unspecified atom stereocenters. The Balaban J connectivity index is 1.95. The van der Waals surface area contributed by atoms with Gasteiger partial charge in [-0.05, 0) is 31.4 Å². The lowest BCUT2D eigenvalue weighted by molar-refractivity contribution is 0.250. The number of hydrogen-bond acceptors (Lipinski definition) is 2. The third-order valence-electron chi connectivity index (χ3n) is 3.49. The molecule has 0 saturated heterocycles. The van der Waals surface area contributed by atoms with Gasteiger partial charge in [-0.3, -0.25) is 4.90 Å². The number of rotatable bonds is 7. The van der Waals surface area contributed by atoms with E-state index in [0.29, 0.717) is 4.99 Å². The van der Waals surface area contributed by atoms with Gasteiger partial charge in [0.15, 0.2) is 0 Å². The van der Waals surface area contributed by atoms with E-state index in [2.05, 4.69) is 24.0 Å². The highest BCUT2D eigenvalue weighted by atomic mass is 32.1. The van der Waals surface area contributed by atoms with Crippen LogP contribution in [-0.2, 0) is 6.54 Å². The van der Waals surface area contributed by atoms with Crippen LogP contribution in [0.25, 0.3) is 0 Å². The fraction of sp³-hybridized carbons (Fsp3) is 0.533. The van der Waals surface area contributed by atoms with Crippen LogP contribution in [0.15, 0.2) is 24.3 Å². The SMILES string of the molecule is CCCCN(Cc1ccc(C(N)=S)cc1)C1CC1. The molecule has 0 aromatic heterocycles. The monoisotopic (exact) mass is 262 g/mol. The van der Waals surface area contributed by atoms with Gasteiger partial charge in [0, 0.05) is 18.2 Å². The molecule has 2 N–H and O–H groups in total. The molecule has 1 aromatic carbocycles. The van der Waals surface area contributed by atoms with E-state index >= 15 is 0 Å². The summed E-state index contributed by atoms with van der Waals surface area (Å²) in [5.41, 5.74) is 7.93. The average molecular weight is 262 g/mol. The topological polar surface area (TPSA) is 29.3 Å². The number of unbranched alkanes of at least 4 members (excludes halogenated alkanes) is 1. The molecular formula is C15H22N2S. The van der Waals surface area contributed by atoms with E-state index in [4.69, 9.17) is 18.0 Å². The van der Waals surface area contributed by atoms with Crippen molar-refractivity contribution in [3.8, 4) is 0 Å². The fourth-order valence-corrected chi connectivity index (χ4v) is 2.34. The summed E-state index contributed by atoms with van der Waals surface area (Å²) in [7, 11) is 0. The summed E-state index contributed by atoms with van der Waals surface area (Å²) in [6.07, 6.45) is 5.30. The van der Waals surface area contributed by atoms with Crippen molar-refractivity contribution in [1.29, 1.82) is 0 Å². The van der Waals surface area contributed by atoms with Crippen molar-refractivity contribution in [1.82, 2.24) is 4.90 Å². The van der Waals surface area contributed by atoms with E-state index in [1.165, 1.54) is 37.8 Å². The largest absolute Gasteiger partial charge is 0.389 e. The van der Waals surface area contributed by atoms with Crippen molar-refractivity contribution in [3.05, 3.63) is 35.4 Å². The molecule has 0 bridgehead atoms. The third kappa shape index (κ3) is 3.79. The van der Waals surface area contributed by atoms with Crippen LogP contribution < -0.4 is 5.73 Å². The molecule has 0 spiro atoms. The Hall–Kier alpha value is -0.930. The summed E-state index contributed by atoms with van der Waals surface area (Å²) in [6, 6.07) is 9.18. The molecule has 0 amide bonds. The molecule has 2 nitrogen and oxygen atoms in total. The van der Waals surface area contributed by atoms with Gasteiger partial charge in [0.2, 0.25) is 0 Å². The molecule has 1 aliphatic rings. The first-order valence-corrected chi connectivity index (χ1v) is 7.24. The van der Waals surface area contributed by atoms with Gasteiger partial charge in [0.1, 0.15) is 4.99 Å². The quantitative estimate of drug-likeness (QED) is 0.766. The molecule has 18 heavy (non-hydrogen) atoms. The maximum atomic E-state index is 5.61. The van der Waals surface area contributed by atoms with Crippen LogP contribution in [0.2, 0.25) is 0 Å². The molecule has 2 rings (SSSR count). The average Bonchev–Trinajstić information content (AvgIpc) is 3.19. The predicted octanol–water partition coefficient (Wildman–Crippen LogP) is 3.09. The lowest BCUT2D eigenvalue weighted by atomic mass is 10.1. The van der Waals surface area contributed by atoms with Crippen LogP contribution in [-0.4, -0.2) is 22.5 Å². The fourth-order valence-electron chi connectivity index (χ4n) is 2.20. The summed E-state index contributed by atoms with van der Waals surface area (Å²) < 4.78 is 0.